The number of aliphatic hydroxyl groups excluding tert-OH is 1. The monoisotopic (exact) mass is 284 g/mol. The van der Waals surface area contributed by atoms with Crippen molar-refractivity contribution < 1.29 is 19.8 Å². The molecule has 102 valence electrons. The summed E-state index contributed by atoms with van der Waals surface area (Å²) in [6, 6.07) is 4.97. The van der Waals surface area contributed by atoms with Crippen molar-refractivity contribution in [2.75, 3.05) is 11.9 Å². The molecule has 0 bridgehead atoms. The van der Waals surface area contributed by atoms with Crippen LogP contribution in [-0.2, 0) is 4.79 Å². The zero-order chi connectivity index (χ0) is 14.0. The third-order valence-corrected chi connectivity index (χ3v) is 3.14. The maximum atomic E-state index is 12.0. The number of aliphatic hydroxyl groups is 1. The van der Waals surface area contributed by atoms with Crippen molar-refractivity contribution >= 4 is 29.3 Å². The highest BCUT2D eigenvalue weighted by atomic mass is 35.5. The summed E-state index contributed by atoms with van der Waals surface area (Å²) >= 11 is 5.79. The van der Waals surface area contributed by atoms with Crippen molar-refractivity contribution in [2.24, 2.45) is 0 Å². The first-order valence-electron chi connectivity index (χ1n) is 5.71. The lowest BCUT2D eigenvalue weighted by molar-refractivity contribution is -0.141. The van der Waals surface area contributed by atoms with Crippen molar-refractivity contribution in [1.29, 1.82) is 0 Å². The average Bonchev–Trinajstić information content (AvgIpc) is 2.71. The highest BCUT2D eigenvalue weighted by Gasteiger charge is 2.38. The summed E-state index contributed by atoms with van der Waals surface area (Å²) in [7, 11) is 0. The van der Waals surface area contributed by atoms with Crippen LogP contribution in [0.4, 0.5) is 10.5 Å². The Labute approximate surface area is 114 Å². The lowest BCUT2D eigenvalue weighted by Crippen LogP contribution is -2.43. The van der Waals surface area contributed by atoms with E-state index in [2.05, 4.69) is 5.32 Å². The molecular formula is C12H13ClN2O4. The maximum Gasteiger partial charge on any atom is 0.326 e. The van der Waals surface area contributed by atoms with Crippen LogP contribution < -0.4 is 5.32 Å². The highest BCUT2D eigenvalue weighted by molar-refractivity contribution is 6.30. The van der Waals surface area contributed by atoms with E-state index in [1.165, 1.54) is 0 Å². The van der Waals surface area contributed by atoms with E-state index in [0.29, 0.717) is 10.7 Å². The van der Waals surface area contributed by atoms with Crippen LogP contribution in [0.3, 0.4) is 0 Å². The summed E-state index contributed by atoms with van der Waals surface area (Å²) in [5.74, 6) is -1.13. The van der Waals surface area contributed by atoms with Gasteiger partial charge in [-0.3, -0.25) is 0 Å². The van der Waals surface area contributed by atoms with Gasteiger partial charge in [-0.15, -0.1) is 0 Å². The van der Waals surface area contributed by atoms with E-state index in [-0.39, 0.29) is 13.0 Å². The van der Waals surface area contributed by atoms with Crippen LogP contribution in [-0.4, -0.2) is 45.8 Å². The molecule has 2 amide bonds. The molecule has 1 saturated heterocycles. The molecular weight excluding hydrogens is 272 g/mol. The number of carbonyl (C=O) groups is 2. The van der Waals surface area contributed by atoms with Gasteiger partial charge in [0, 0.05) is 23.7 Å². The van der Waals surface area contributed by atoms with Crippen LogP contribution in [0.1, 0.15) is 6.42 Å². The topological polar surface area (TPSA) is 89.9 Å². The van der Waals surface area contributed by atoms with Crippen molar-refractivity contribution in [3.63, 3.8) is 0 Å². The van der Waals surface area contributed by atoms with Gasteiger partial charge >= 0.3 is 12.0 Å². The number of nitrogens with one attached hydrogen (secondary N) is 1. The molecule has 0 aliphatic carbocycles. The number of benzene rings is 1. The van der Waals surface area contributed by atoms with Gasteiger partial charge in [0.15, 0.2) is 0 Å². The third kappa shape index (κ3) is 3.15. The second-order valence-electron chi connectivity index (χ2n) is 4.34. The molecule has 6 nitrogen and oxygen atoms in total. The molecule has 2 rings (SSSR count). The fourth-order valence-corrected chi connectivity index (χ4v) is 2.22. The van der Waals surface area contributed by atoms with E-state index >= 15 is 0 Å². The fraction of sp³-hybridized carbons (Fsp3) is 0.333. The quantitative estimate of drug-likeness (QED) is 0.765. The molecule has 1 aliphatic rings. The van der Waals surface area contributed by atoms with Crippen LogP contribution in [0.2, 0.25) is 5.02 Å². The van der Waals surface area contributed by atoms with E-state index in [1.807, 2.05) is 0 Å². The number of likely N-dealkylation sites (tertiary alicyclic amines) is 1. The fourth-order valence-electron chi connectivity index (χ4n) is 2.03. The number of aliphatic carboxylic acids is 1. The normalized spacial score (nSPS) is 22.3. The minimum Gasteiger partial charge on any atom is -0.480 e. The number of carboxylic acid groups (broad SMARTS) is 1. The van der Waals surface area contributed by atoms with Gasteiger partial charge in [-0.25, -0.2) is 9.59 Å². The minimum atomic E-state index is -1.13. The molecule has 0 aromatic heterocycles. The predicted molar refractivity (Wildman–Crippen MR) is 69.2 cm³/mol. The second kappa shape index (κ2) is 5.46. The SMILES string of the molecule is O=C(O)[C@@H]1C[C@@H](O)CN1C(=O)Nc1cccc(Cl)c1. The van der Waals surface area contributed by atoms with Crippen molar-refractivity contribution in [3.8, 4) is 0 Å². The standard InChI is InChI=1S/C12H13ClN2O4/c13-7-2-1-3-8(4-7)14-12(19)15-6-9(16)5-10(15)11(17)18/h1-4,9-10,16H,5-6H2,(H,14,19)(H,17,18)/t9-,10+/m1/s1. The number of hydrogen-bond acceptors (Lipinski definition) is 3. The minimum absolute atomic E-state index is 0.00334. The zero-order valence-electron chi connectivity index (χ0n) is 9.91. The number of β-amino-alcohol motifs (C(OH)–C–C–N with tert-alkyl or cyclic N) is 1. The molecule has 1 fully saturated rings. The number of halogens is 1. The molecule has 0 radical (unpaired) electrons. The molecule has 3 N–H and O–H groups in total. The molecule has 19 heavy (non-hydrogen) atoms. The van der Waals surface area contributed by atoms with Crippen LogP contribution in [0.25, 0.3) is 0 Å². The first-order chi connectivity index (χ1) is 8.97. The van der Waals surface area contributed by atoms with Crippen molar-refractivity contribution in [3.05, 3.63) is 29.3 Å². The Hall–Kier alpha value is -1.79. The number of hydrogen-bond donors (Lipinski definition) is 3. The van der Waals surface area contributed by atoms with E-state index in [0.717, 1.165) is 4.90 Å². The van der Waals surface area contributed by atoms with Gasteiger partial charge in [-0.05, 0) is 18.2 Å². The van der Waals surface area contributed by atoms with Gasteiger partial charge in [0.25, 0.3) is 0 Å². The highest BCUT2D eigenvalue weighted by Crippen LogP contribution is 2.21. The van der Waals surface area contributed by atoms with Crippen LogP contribution in [0.5, 0.6) is 0 Å². The summed E-state index contributed by atoms with van der Waals surface area (Å²) in [4.78, 5) is 24.1. The number of rotatable bonds is 2. The largest absolute Gasteiger partial charge is 0.480 e. The Morgan fingerprint density at radius 2 is 2.16 bits per heavy atom. The molecule has 0 saturated carbocycles. The van der Waals surface area contributed by atoms with Gasteiger partial charge in [0.1, 0.15) is 6.04 Å². The number of urea groups is 1. The Bertz CT molecular complexity index is 508. The van der Waals surface area contributed by atoms with Gasteiger partial charge in [-0.1, -0.05) is 17.7 Å². The van der Waals surface area contributed by atoms with Gasteiger partial charge in [0.05, 0.1) is 6.10 Å². The first-order valence-corrected chi connectivity index (χ1v) is 6.09. The second-order valence-corrected chi connectivity index (χ2v) is 4.77. The number of carboxylic acids is 1. The van der Waals surface area contributed by atoms with Crippen LogP contribution in [0, 0.1) is 0 Å². The Morgan fingerprint density at radius 1 is 1.42 bits per heavy atom. The van der Waals surface area contributed by atoms with Gasteiger partial charge in [0.2, 0.25) is 0 Å². The zero-order valence-corrected chi connectivity index (χ0v) is 10.7. The molecule has 2 atom stereocenters. The van der Waals surface area contributed by atoms with Crippen molar-refractivity contribution in [2.45, 2.75) is 18.6 Å². The Morgan fingerprint density at radius 3 is 2.79 bits per heavy atom. The summed E-state index contributed by atoms with van der Waals surface area (Å²) in [5, 5.41) is 21.5. The summed E-state index contributed by atoms with van der Waals surface area (Å²) in [6.07, 6.45) is -0.774. The number of amides is 2. The number of anilines is 1. The van der Waals surface area contributed by atoms with Crippen LogP contribution >= 0.6 is 11.6 Å². The van der Waals surface area contributed by atoms with E-state index in [4.69, 9.17) is 16.7 Å². The van der Waals surface area contributed by atoms with Crippen LogP contribution in [0.15, 0.2) is 24.3 Å². The smallest absolute Gasteiger partial charge is 0.326 e. The molecule has 1 aliphatic heterocycles. The molecule has 0 unspecified atom stereocenters. The molecule has 1 aromatic rings. The molecule has 7 heteroatoms. The Balaban J connectivity index is 2.09. The lowest BCUT2D eigenvalue weighted by atomic mass is 10.2. The predicted octanol–water partition coefficient (Wildman–Crippen LogP) is 1.39. The first kappa shape index (κ1) is 13.6. The number of carbonyl (C=O) groups excluding carboxylic acids is 1. The van der Waals surface area contributed by atoms with E-state index in [1.54, 1.807) is 24.3 Å². The summed E-state index contributed by atoms with van der Waals surface area (Å²) < 4.78 is 0. The summed E-state index contributed by atoms with van der Waals surface area (Å²) in [5.41, 5.74) is 0.475. The molecule has 0 spiro atoms. The summed E-state index contributed by atoms with van der Waals surface area (Å²) in [6.45, 7) is 0.00334. The third-order valence-electron chi connectivity index (χ3n) is 2.90. The van der Waals surface area contributed by atoms with Gasteiger partial charge in [-0.2, -0.15) is 0 Å². The van der Waals surface area contributed by atoms with Gasteiger partial charge < -0.3 is 20.4 Å². The van der Waals surface area contributed by atoms with E-state index < -0.39 is 24.1 Å². The lowest BCUT2D eigenvalue weighted by Gasteiger charge is -2.21. The maximum absolute atomic E-state index is 12.0. The molecule has 1 aromatic carbocycles. The molecule has 1 heterocycles. The number of nitrogens with zero attached hydrogens (tertiary/aromatic N) is 1. The average molecular weight is 285 g/mol. The van der Waals surface area contributed by atoms with Crippen molar-refractivity contribution in [1.82, 2.24) is 4.90 Å². The van der Waals surface area contributed by atoms with E-state index in [9.17, 15) is 14.7 Å². The Kier molecular flexibility index (Phi) is 3.92.